The maximum absolute atomic E-state index is 8.79. The third-order valence-electron chi connectivity index (χ3n) is 4.12. The monoisotopic (exact) mass is 375 g/mol. The molecule has 3 aromatic rings. The van der Waals surface area contributed by atoms with Crippen LogP contribution < -0.4 is 10.1 Å². The molecular formula is C20H17N5OS. The largest absolute Gasteiger partial charge is 0.497 e. The van der Waals surface area contributed by atoms with Gasteiger partial charge in [0.2, 0.25) is 0 Å². The summed E-state index contributed by atoms with van der Waals surface area (Å²) in [6, 6.07) is 13.6. The Balaban J connectivity index is 1.92. The summed E-state index contributed by atoms with van der Waals surface area (Å²) in [5.41, 5.74) is 5.13. The summed E-state index contributed by atoms with van der Waals surface area (Å²) >= 11 is 1.42. The molecule has 134 valence electrons. The molecule has 27 heavy (non-hydrogen) atoms. The lowest BCUT2D eigenvalue weighted by molar-refractivity contribution is 0.414. The summed E-state index contributed by atoms with van der Waals surface area (Å²) in [6.07, 6.45) is 1.36. The first kappa shape index (κ1) is 18.2. The molecule has 0 radical (unpaired) electrons. The number of methoxy groups -OCH3 is 1. The molecule has 0 spiro atoms. The Morgan fingerprint density at radius 1 is 1.22 bits per heavy atom. The first-order valence-electron chi connectivity index (χ1n) is 8.13. The number of aryl methyl sites for hydroxylation is 1. The molecule has 0 aliphatic carbocycles. The second kappa shape index (κ2) is 7.77. The van der Waals surface area contributed by atoms with E-state index in [0.717, 1.165) is 34.1 Å². The average molecular weight is 375 g/mol. The molecule has 7 heteroatoms. The summed E-state index contributed by atoms with van der Waals surface area (Å²) < 4.78 is 7.40. The molecule has 1 aromatic carbocycles. The van der Waals surface area contributed by atoms with Crippen molar-refractivity contribution in [3.63, 3.8) is 0 Å². The highest BCUT2D eigenvalue weighted by atomic mass is 32.1. The fraction of sp³-hybridized carbons (Fsp3) is 0.150. The molecule has 0 amide bonds. The molecule has 6 nitrogen and oxygen atoms in total. The zero-order chi connectivity index (χ0) is 19.4. The number of nitriles is 2. The van der Waals surface area contributed by atoms with Crippen LogP contribution in [0.15, 0.2) is 47.5 Å². The van der Waals surface area contributed by atoms with Gasteiger partial charge in [-0.1, -0.05) is 0 Å². The van der Waals surface area contributed by atoms with Gasteiger partial charge < -0.3 is 14.6 Å². The van der Waals surface area contributed by atoms with E-state index in [1.165, 1.54) is 17.5 Å². The van der Waals surface area contributed by atoms with Crippen LogP contribution in [-0.4, -0.2) is 16.7 Å². The van der Waals surface area contributed by atoms with Crippen molar-refractivity contribution < 1.29 is 4.74 Å². The summed E-state index contributed by atoms with van der Waals surface area (Å²) in [6.45, 7) is 4.11. The van der Waals surface area contributed by atoms with Crippen molar-refractivity contribution >= 4 is 16.5 Å². The second-order valence-electron chi connectivity index (χ2n) is 5.78. The van der Waals surface area contributed by atoms with E-state index < -0.39 is 0 Å². The normalized spacial score (nSPS) is 9.96. The smallest absolute Gasteiger partial charge is 0.187 e. The standard InChI is InChI=1S/C20H17N5OS/c1-13-8-18(14(2)25(13)16-4-6-17(26-3)7-5-16)19-12-27-20(24-19)23-11-15(9-21)10-22/h4-8,11-12H,1-3H3,(H,23,24). The first-order chi connectivity index (χ1) is 13.1. The molecule has 0 saturated heterocycles. The van der Waals surface area contributed by atoms with E-state index in [1.807, 2.05) is 41.8 Å². The SMILES string of the molecule is COc1ccc(-n2c(C)cc(-c3csc(NC=C(C#N)C#N)n3)c2C)cc1. The molecule has 3 rings (SSSR count). The maximum atomic E-state index is 8.79. The zero-order valence-electron chi connectivity index (χ0n) is 15.1. The van der Waals surface area contributed by atoms with E-state index in [2.05, 4.69) is 34.8 Å². The fourth-order valence-corrected chi connectivity index (χ4v) is 3.52. The number of anilines is 1. The average Bonchev–Trinajstić information content (AvgIpc) is 3.27. The predicted molar refractivity (Wildman–Crippen MR) is 106 cm³/mol. The summed E-state index contributed by atoms with van der Waals surface area (Å²) in [5, 5.41) is 23.1. The summed E-state index contributed by atoms with van der Waals surface area (Å²) in [5.74, 6) is 0.818. The summed E-state index contributed by atoms with van der Waals surface area (Å²) in [7, 11) is 1.65. The Bertz CT molecular complexity index is 1060. The van der Waals surface area contributed by atoms with Crippen LogP contribution in [0.2, 0.25) is 0 Å². The van der Waals surface area contributed by atoms with E-state index in [0.29, 0.717) is 5.13 Å². The third kappa shape index (κ3) is 3.69. The van der Waals surface area contributed by atoms with Crippen molar-refractivity contribution in [1.29, 1.82) is 10.5 Å². The number of rotatable bonds is 5. The Morgan fingerprint density at radius 2 is 1.93 bits per heavy atom. The molecule has 0 aliphatic rings. The molecular weight excluding hydrogens is 358 g/mol. The molecule has 2 heterocycles. The van der Waals surface area contributed by atoms with Gasteiger partial charge in [-0.25, -0.2) is 4.98 Å². The number of hydrogen-bond acceptors (Lipinski definition) is 6. The summed E-state index contributed by atoms with van der Waals surface area (Å²) in [4.78, 5) is 4.57. The van der Waals surface area contributed by atoms with Gasteiger partial charge in [-0.05, 0) is 44.2 Å². The van der Waals surface area contributed by atoms with Gasteiger partial charge in [-0.15, -0.1) is 11.3 Å². The van der Waals surface area contributed by atoms with Crippen LogP contribution in [0.3, 0.4) is 0 Å². The first-order valence-corrected chi connectivity index (χ1v) is 9.01. The highest BCUT2D eigenvalue weighted by molar-refractivity contribution is 7.14. The number of aromatic nitrogens is 2. The quantitative estimate of drug-likeness (QED) is 0.660. The highest BCUT2D eigenvalue weighted by Gasteiger charge is 2.15. The lowest BCUT2D eigenvalue weighted by atomic mass is 10.2. The molecule has 0 atom stereocenters. The number of hydrogen-bond donors (Lipinski definition) is 1. The van der Waals surface area contributed by atoms with Gasteiger partial charge in [0.05, 0.1) is 12.8 Å². The van der Waals surface area contributed by atoms with Crippen LogP contribution in [0, 0.1) is 36.5 Å². The van der Waals surface area contributed by atoms with Crippen LogP contribution in [0.25, 0.3) is 16.9 Å². The van der Waals surface area contributed by atoms with Crippen molar-refractivity contribution in [3.8, 4) is 34.8 Å². The van der Waals surface area contributed by atoms with E-state index in [1.54, 1.807) is 7.11 Å². The molecule has 0 bridgehead atoms. The van der Waals surface area contributed by atoms with Gasteiger partial charge >= 0.3 is 0 Å². The molecule has 2 aromatic heterocycles. The van der Waals surface area contributed by atoms with Crippen molar-refractivity contribution in [3.05, 3.63) is 58.9 Å². The zero-order valence-corrected chi connectivity index (χ0v) is 16.0. The van der Waals surface area contributed by atoms with Crippen molar-refractivity contribution in [2.45, 2.75) is 13.8 Å². The minimum absolute atomic E-state index is 0.00411. The number of benzene rings is 1. The molecule has 0 fully saturated rings. The molecule has 0 aliphatic heterocycles. The number of nitrogens with one attached hydrogen (secondary N) is 1. The second-order valence-corrected chi connectivity index (χ2v) is 6.64. The number of thiazole rings is 1. The van der Waals surface area contributed by atoms with Crippen molar-refractivity contribution in [1.82, 2.24) is 9.55 Å². The lowest BCUT2D eigenvalue weighted by Crippen LogP contribution is -1.99. The number of allylic oxidation sites excluding steroid dienone is 1. The van der Waals surface area contributed by atoms with E-state index in [4.69, 9.17) is 15.3 Å². The molecule has 1 N–H and O–H groups in total. The van der Waals surface area contributed by atoms with Gasteiger partial charge in [-0.2, -0.15) is 10.5 Å². The van der Waals surface area contributed by atoms with E-state index in [9.17, 15) is 0 Å². The Kier molecular flexibility index (Phi) is 5.25. The van der Waals surface area contributed by atoms with Gasteiger partial charge in [-0.3, -0.25) is 0 Å². The van der Waals surface area contributed by atoms with Crippen LogP contribution in [0.5, 0.6) is 5.75 Å². The fourth-order valence-electron chi connectivity index (χ4n) is 2.84. The molecule has 0 saturated carbocycles. The molecule has 0 unspecified atom stereocenters. The van der Waals surface area contributed by atoms with E-state index >= 15 is 0 Å². The van der Waals surface area contributed by atoms with Gasteiger partial charge in [0.25, 0.3) is 0 Å². The third-order valence-corrected chi connectivity index (χ3v) is 4.90. The number of ether oxygens (including phenoxy) is 1. The maximum Gasteiger partial charge on any atom is 0.187 e. The minimum atomic E-state index is 0.00411. The predicted octanol–water partition coefficient (Wildman–Crippen LogP) is 4.57. The van der Waals surface area contributed by atoms with Crippen LogP contribution >= 0.6 is 11.3 Å². The van der Waals surface area contributed by atoms with Crippen molar-refractivity contribution in [2.75, 3.05) is 12.4 Å². The van der Waals surface area contributed by atoms with Crippen LogP contribution in [-0.2, 0) is 0 Å². The topological polar surface area (TPSA) is 86.7 Å². The Labute approximate surface area is 161 Å². The lowest BCUT2D eigenvalue weighted by Gasteiger charge is -2.10. The van der Waals surface area contributed by atoms with Gasteiger partial charge in [0.1, 0.15) is 23.5 Å². The van der Waals surface area contributed by atoms with Crippen LogP contribution in [0.4, 0.5) is 5.13 Å². The van der Waals surface area contributed by atoms with E-state index in [-0.39, 0.29) is 5.57 Å². The minimum Gasteiger partial charge on any atom is -0.497 e. The Hall–Kier alpha value is -3.55. The Morgan fingerprint density at radius 3 is 2.56 bits per heavy atom. The van der Waals surface area contributed by atoms with Gasteiger partial charge in [0, 0.05) is 34.2 Å². The highest BCUT2D eigenvalue weighted by Crippen LogP contribution is 2.32. The van der Waals surface area contributed by atoms with Crippen molar-refractivity contribution in [2.24, 2.45) is 0 Å². The number of nitrogens with zero attached hydrogens (tertiary/aromatic N) is 4. The van der Waals surface area contributed by atoms with Crippen LogP contribution in [0.1, 0.15) is 11.4 Å². The van der Waals surface area contributed by atoms with Gasteiger partial charge in [0.15, 0.2) is 5.13 Å².